The van der Waals surface area contributed by atoms with Gasteiger partial charge in [0.25, 0.3) is 11.7 Å². The molecule has 100 valence electrons. The summed E-state index contributed by atoms with van der Waals surface area (Å²) in [5.74, 6) is -0.876. The van der Waals surface area contributed by atoms with E-state index in [1.165, 1.54) is 4.90 Å². The number of aryl methyl sites for hydroxylation is 2. The highest BCUT2D eigenvalue weighted by molar-refractivity contribution is 6.52. The summed E-state index contributed by atoms with van der Waals surface area (Å²) >= 11 is 0. The largest absolute Gasteiger partial charge is 0.300 e. The van der Waals surface area contributed by atoms with Crippen LogP contribution < -0.4 is 4.90 Å². The molecule has 0 N–H and O–H groups in total. The smallest absolute Gasteiger partial charge is 0.299 e. The number of pyridine rings is 1. The Morgan fingerprint density at radius 1 is 1.20 bits per heavy atom. The van der Waals surface area contributed by atoms with Crippen LogP contribution in [0.25, 0.3) is 0 Å². The van der Waals surface area contributed by atoms with Crippen molar-refractivity contribution in [1.82, 2.24) is 4.98 Å². The van der Waals surface area contributed by atoms with Crippen molar-refractivity contribution >= 4 is 17.4 Å². The van der Waals surface area contributed by atoms with E-state index in [0.29, 0.717) is 17.8 Å². The van der Waals surface area contributed by atoms with Crippen molar-refractivity contribution in [2.75, 3.05) is 4.90 Å². The van der Waals surface area contributed by atoms with Gasteiger partial charge in [-0.15, -0.1) is 0 Å². The molecule has 0 fully saturated rings. The molecule has 0 bridgehead atoms. The van der Waals surface area contributed by atoms with Crippen LogP contribution in [0, 0.1) is 13.8 Å². The number of benzene rings is 1. The molecule has 3 rings (SSSR count). The van der Waals surface area contributed by atoms with E-state index in [4.69, 9.17) is 0 Å². The van der Waals surface area contributed by atoms with Crippen molar-refractivity contribution < 1.29 is 9.59 Å². The highest BCUT2D eigenvalue weighted by Crippen LogP contribution is 2.33. The second-order valence-electron chi connectivity index (χ2n) is 5.06. The molecule has 0 aliphatic carbocycles. The molecule has 2 aromatic rings. The van der Waals surface area contributed by atoms with Gasteiger partial charge in [0.15, 0.2) is 0 Å². The molecule has 0 saturated carbocycles. The van der Waals surface area contributed by atoms with Crippen molar-refractivity contribution in [2.24, 2.45) is 0 Å². The fraction of sp³-hybridized carbons (Fsp3) is 0.188. The molecular formula is C16H14N2O2. The van der Waals surface area contributed by atoms with E-state index >= 15 is 0 Å². The summed E-state index contributed by atoms with van der Waals surface area (Å²) in [5.41, 5.74) is 4.04. The summed E-state index contributed by atoms with van der Waals surface area (Å²) in [5, 5.41) is 0. The van der Waals surface area contributed by atoms with Gasteiger partial charge in [0, 0.05) is 12.4 Å². The van der Waals surface area contributed by atoms with Crippen LogP contribution in [-0.4, -0.2) is 16.7 Å². The lowest BCUT2D eigenvalue weighted by atomic mass is 10.0. The first kappa shape index (κ1) is 12.5. The molecule has 0 spiro atoms. The van der Waals surface area contributed by atoms with Gasteiger partial charge in [-0.05, 0) is 42.7 Å². The minimum absolute atomic E-state index is 0.369. The van der Waals surface area contributed by atoms with Crippen LogP contribution in [-0.2, 0) is 11.3 Å². The number of carbonyl (C=O) groups is 2. The first-order valence-corrected chi connectivity index (χ1v) is 6.44. The van der Waals surface area contributed by atoms with Gasteiger partial charge < -0.3 is 4.90 Å². The maximum Gasteiger partial charge on any atom is 0.299 e. The highest BCUT2D eigenvalue weighted by Gasteiger charge is 2.37. The molecule has 20 heavy (non-hydrogen) atoms. The van der Waals surface area contributed by atoms with E-state index in [9.17, 15) is 9.59 Å². The lowest BCUT2D eigenvalue weighted by Gasteiger charge is -2.17. The minimum Gasteiger partial charge on any atom is -0.300 e. The number of nitrogens with zero attached hydrogens (tertiary/aromatic N) is 2. The molecule has 4 heteroatoms. The molecular weight excluding hydrogens is 252 g/mol. The normalized spacial score (nSPS) is 13.8. The summed E-state index contributed by atoms with van der Waals surface area (Å²) in [7, 11) is 0. The van der Waals surface area contributed by atoms with Crippen molar-refractivity contribution in [3.8, 4) is 0 Å². The predicted molar refractivity (Wildman–Crippen MR) is 75.7 cm³/mol. The van der Waals surface area contributed by atoms with Crippen molar-refractivity contribution in [1.29, 1.82) is 0 Å². The lowest BCUT2D eigenvalue weighted by Crippen LogP contribution is -2.29. The van der Waals surface area contributed by atoms with Crippen LogP contribution in [0.2, 0.25) is 0 Å². The number of aromatic nitrogens is 1. The molecule has 1 aliphatic rings. The van der Waals surface area contributed by atoms with Gasteiger partial charge in [0.05, 0.1) is 17.8 Å². The monoisotopic (exact) mass is 266 g/mol. The van der Waals surface area contributed by atoms with Gasteiger partial charge in [-0.3, -0.25) is 14.6 Å². The van der Waals surface area contributed by atoms with Crippen molar-refractivity contribution in [3.05, 3.63) is 58.9 Å². The molecule has 1 aliphatic heterocycles. The molecule has 0 atom stereocenters. The van der Waals surface area contributed by atoms with E-state index in [1.54, 1.807) is 12.4 Å². The van der Waals surface area contributed by atoms with Crippen LogP contribution in [0.5, 0.6) is 0 Å². The van der Waals surface area contributed by atoms with Crippen LogP contribution >= 0.6 is 0 Å². The lowest BCUT2D eigenvalue weighted by molar-refractivity contribution is -0.114. The Kier molecular flexibility index (Phi) is 2.86. The molecule has 1 aromatic carbocycles. The Morgan fingerprint density at radius 3 is 2.70 bits per heavy atom. The summed E-state index contributed by atoms with van der Waals surface area (Å²) in [6, 6.07) is 7.53. The first-order chi connectivity index (χ1) is 9.58. The third-order valence-corrected chi connectivity index (χ3v) is 3.48. The van der Waals surface area contributed by atoms with E-state index in [1.807, 2.05) is 38.1 Å². The van der Waals surface area contributed by atoms with Gasteiger partial charge in [0.2, 0.25) is 0 Å². The van der Waals surface area contributed by atoms with Crippen LogP contribution in [0.3, 0.4) is 0 Å². The zero-order chi connectivity index (χ0) is 14.3. The average Bonchev–Trinajstić information content (AvgIpc) is 2.65. The second kappa shape index (κ2) is 4.56. The summed E-state index contributed by atoms with van der Waals surface area (Å²) in [6.07, 6.45) is 3.39. The number of ketones is 1. The van der Waals surface area contributed by atoms with Crippen LogP contribution in [0.1, 0.15) is 27.0 Å². The van der Waals surface area contributed by atoms with Gasteiger partial charge in [-0.2, -0.15) is 0 Å². The molecule has 2 heterocycles. The highest BCUT2D eigenvalue weighted by atomic mass is 16.2. The molecule has 0 saturated heterocycles. The Hall–Kier alpha value is -2.49. The molecule has 0 radical (unpaired) electrons. The van der Waals surface area contributed by atoms with Crippen LogP contribution in [0.15, 0.2) is 36.7 Å². The van der Waals surface area contributed by atoms with Gasteiger partial charge in [0.1, 0.15) is 0 Å². The molecule has 4 nitrogen and oxygen atoms in total. The Bertz CT molecular complexity index is 708. The number of anilines is 1. The Balaban J connectivity index is 2.06. The Labute approximate surface area is 117 Å². The molecule has 1 amide bonds. The Morgan fingerprint density at radius 2 is 2.00 bits per heavy atom. The summed E-state index contributed by atoms with van der Waals surface area (Å²) in [6.45, 7) is 4.20. The standard InChI is InChI=1S/C16H14N2O2/c1-10-6-11(2)14-13(7-10)18(16(20)15(14)19)9-12-4-3-5-17-8-12/h3-8H,9H2,1-2H3. The third kappa shape index (κ3) is 1.90. The SMILES string of the molecule is Cc1cc(C)c2c(c1)N(Cc1cccnc1)C(=O)C2=O. The zero-order valence-electron chi connectivity index (χ0n) is 11.4. The fourth-order valence-corrected chi connectivity index (χ4v) is 2.62. The first-order valence-electron chi connectivity index (χ1n) is 6.44. The quantitative estimate of drug-likeness (QED) is 0.784. The van der Waals surface area contributed by atoms with E-state index in [-0.39, 0.29) is 0 Å². The van der Waals surface area contributed by atoms with Crippen molar-refractivity contribution in [2.45, 2.75) is 20.4 Å². The fourth-order valence-electron chi connectivity index (χ4n) is 2.62. The number of amides is 1. The van der Waals surface area contributed by atoms with Gasteiger partial charge in [-0.1, -0.05) is 12.1 Å². The number of fused-ring (bicyclic) bond motifs is 1. The minimum atomic E-state index is -0.461. The number of hydrogen-bond donors (Lipinski definition) is 0. The second-order valence-corrected chi connectivity index (χ2v) is 5.06. The maximum atomic E-state index is 12.2. The van der Waals surface area contributed by atoms with Crippen LogP contribution in [0.4, 0.5) is 5.69 Å². The number of Topliss-reactive ketones (excluding diaryl/α,β-unsaturated/α-hetero) is 1. The summed E-state index contributed by atoms with van der Waals surface area (Å²) in [4.78, 5) is 29.9. The zero-order valence-corrected chi connectivity index (χ0v) is 11.4. The molecule has 1 aromatic heterocycles. The maximum absolute atomic E-state index is 12.2. The predicted octanol–water partition coefficient (Wildman–Crippen LogP) is 2.43. The number of hydrogen-bond acceptors (Lipinski definition) is 3. The van der Waals surface area contributed by atoms with Crippen molar-refractivity contribution in [3.63, 3.8) is 0 Å². The third-order valence-electron chi connectivity index (χ3n) is 3.48. The average molecular weight is 266 g/mol. The number of rotatable bonds is 2. The van der Waals surface area contributed by atoms with E-state index in [2.05, 4.69) is 4.98 Å². The van der Waals surface area contributed by atoms with Gasteiger partial charge >= 0.3 is 0 Å². The summed E-state index contributed by atoms with van der Waals surface area (Å²) < 4.78 is 0. The topological polar surface area (TPSA) is 50.3 Å². The van der Waals surface area contributed by atoms with E-state index in [0.717, 1.165) is 16.7 Å². The van der Waals surface area contributed by atoms with E-state index < -0.39 is 11.7 Å². The molecule has 0 unspecified atom stereocenters. The van der Waals surface area contributed by atoms with Gasteiger partial charge in [-0.25, -0.2) is 0 Å². The number of carbonyl (C=O) groups excluding carboxylic acids is 2.